The van der Waals surface area contributed by atoms with E-state index in [0.29, 0.717) is 16.9 Å². The summed E-state index contributed by atoms with van der Waals surface area (Å²) in [6, 6.07) is 10.8. The Kier molecular flexibility index (Phi) is 2.75. The van der Waals surface area contributed by atoms with Crippen molar-refractivity contribution < 1.29 is 4.39 Å². The van der Waals surface area contributed by atoms with E-state index in [4.69, 9.17) is 0 Å². The second-order valence-electron chi connectivity index (χ2n) is 4.68. The lowest BCUT2D eigenvalue weighted by Crippen LogP contribution is -1.93. The highest BCUT2D eigenvalue weighted by Crippen LogP contribution is 2.26. The summed E-state index contributed by atoms with van der Waals surface area (Å²) in [5.74, 6) is -0.257. The molecule has 2 nitrogen and oxygen atoms in total. The molecule has 2 aromatic heterocycles. The standard InChI is InChI=1S/C16H13FN2/c1-10-5-6-14(17)13(8-10)15-9-11(2)12-4-3-7-18-16(12)19-15/h3-9H,1-2H3. The first-order valence-corrected chi connectivity index (χ1v) is 6.14. The Morgan fingerprint density at radius 3 is 2.74 bits per heavy atom. The molecular formula is C16H13FN2. The van der Waals surface area contributed by atoms with Gasteiger partial charge in [0.2, 0.25) is 0 Å². The predicted octanol–water partition coefficient (Wildman–Crippen LogP) is 4.05. The Hall–Kier alpha value is -2.29. The zero-order chi connectivity index (χ0) is 13.4. The van der Waals surface area contributed by atoms with Gasteiger partial charge in [0.15, 0.2) is 5.65 Å². The third-order valence-electron chi connectivity index (χ3n) is 3.19. The highest BCUT2D eigenvalue weighted by molar-refractivity contribution is 5.81. The summed E-state index contributed by atoms with van der Waals surface area (Å²) in [6.07, 6.45) is 1.70. The number of fused-ring (bicyclic) bond motifs is 1. The molecule has 0 bridgehead atoms. The molecule has 0 saturated carbocycles. The first kappa shape index (κ1) is 11.8. The molecule has 0 aliphatic carbocycles. The molecule has 2 heterocycles. The number of aromatic nitrogens is 2. The smallest absolute Gasteiger partial charge is 0.160 e. The largest absolute Gasteiger partial charge is 0.237 e. The highest BCUT2D eigenvalue weighted by Gasteiger charge is 2.09. The summed E-state index contributed by atoms with van der Waals surface area (Å²) < 4.78 is 13.9. The molecule has 1 aromatic carbocycles. The van der Waals surface area contributed by atoms with Gasteiger partial charge in [-0.05, 0) is 49.7 Å². The van der Waals surface area contributed by atoms with Crippen molar-refractivity contribution in [2.24, 2.45) is 0 Å². The van der Waals surface area contributed by atoms with E-state index in [0.717, 1.165) is 16.5 Å². The van der Waals surface area contributed by atoms with Gasteiger partial charge >= 0.3 is 0 Å². The summed E-state index contributed by atoms with van der Waals surface area (Å²) in [7, 11) is 0. The topological polar surface area (TPSA) is 25.8 Å². The Bertz CT molecular complexity index is 766. The van der Waals surface area contributed by atoms with Crippen molar-refractivity contribution in [2.75, 3.05) is 0 Å². The van der Waals surface area contributed by atoms with Gasteiger partial charge in [0.1, 0.15) is 5.82 Å². The predicted molar refractivity (Wildman–Crippen MR) is 74.4 cm³/mol. The van der Waals surface area contributed by atoms with Crippen molar-refractivity contribution in [2.45, 2.75) is 13.8 Å². The van der Waals surface area contributed by atoms with Crippen molar-refractivity contribution in [1.82, 2.24) is 9.97 Å². The van der Waals surface area contributed by atoms with Gasteiger partial charge in [-0.15, -0.1) is 0 Å². The van der Waals surface area contributed by atoms with E-state index < -0.39 is 0 Å². The highest BCUT2D eigenvalue weighted by atomic mass is 19.1. The van der Waals surface area contributed by atoms with Crippen LogP contribution in [0.3, 0.4) is 0 Å². The molecule has 3 aromatic rings. The molecule has 0 amide bonds. The second kappa shape index (κ2) is 4.43. The zero-order valence-corrected chi connectivity index (χ0v) is 10.8. The van der Waals surface area contributed by atoms with Gasteiger partial charge in [-0.3, -0.25) is 0 Å². The fourth-order valence-electron chi connectivity index (χ4n) is 2.20. The molecule has 3 rings (SSSR count). The number of pyridine rings is 2. The summed E-state index contributed by atoms with van der Waals surface area (Å²) in [5, 5.41) is 0.999. The van der Waals surface area contributed by atoms with Gasteiger partial charge in [0, 0.05) is 17.1 Å². The maximum absolute atomic E-state index is 13.9. The van der Waals surface area contributed by atoms with Crippen LogP contribution in [-0.2, 0) is 0 Å². The lowest BCUT2D eigenvalue weighted by molar-refractivity contribution is 0.630. The quantitative estimate of drug-likeness (QED) is 0.653. The van der Waals surface area contributed by atoms with Crippen LogP contribution in [0.4, 0.5) is 4.39 Å². The Morgan fingerprint density at radius 1 is 1.05 bits per heavy atom. The summed E-state index contributed by atoms with van der Waals surface area (Å²) >= 11 is 0. The van der Waals surface area contributed by atoms with Gasteiger partial charge < -0.3 is 0 Å². The lowest BCUT2D eigenvalue weighted by atomic mass is 10.0. The number of aryl methyl sites for hydroxylation is 2. The Balaban J connectivity index is 2.28. The fourth-order valence-corrected chi connectivity index (χ4v) is 2.20. The van der Waals surface area contributed by atoms with Crippen molar-refractivity contribution in [3.05, 3.63) is 59.5 Å². The summed E-state index contributed by atoms with van der Waals surface area (Å²) in [4.78, 5) is 8.70. The van der Waals surface area contributed by atoms with Gasteiger partial charge in [-0.25, -0.2) is 14.4 Å². The Morgan fingerprint density at radius 2 is 1.89 bits per heavy atom. The van der Waals surface area contributed by atoms with Crippen molar-refractivity contribution in [1.29, 1.82) is 0 Å². The van der Waals surface area contributed by atoms with Crippen LogP contribution in [0.25, 0.3) is 22.3 Å². The second-order valence-corrected chi connectivity index (χ2v) is 4.68. The lowest BCUT2D eigenvalue weighted by Gasteiger charge is -2.07. The van der Waals surface area contributed by atoms with E-state index in [-0.39, 0.29) is 5.82 Å². The van der Waals surface area contributed by atoms with Crippen LogP contribution in [0.1, 0.15) is 11.1 Å². The summed E-state index contributed by atoms with van der Waals surface area (Å²) in [6.45, 7) is 3.93. The molecule has 0 fully saturated rings. The molecule has 0 atom stereocenters. The molecule has 0 unspecified atom stereocenters. The third kappa shape index (κ3) is 2.08. The minimum atomic E-state index is -0.257. The van der Waals surface area contributed by atoms with Crippen LogP contribution in [0, 0.1) is 19.7 Å². The molecular weight excluding hydrogens is 239 g/mol. The van der Waals surface area contributed by atoms with E-state index in [2.05, 4.69) is 9.97 Å². The zero-order valence-electron chi connectivity index (χ0n) is 10.8. The van der Waals surface area contributed by atoms with E-state index >= 15 is 0 Å². The average Bonchev–Trinajstić information content (AvgIpc) is 2.41. The van der Waals surface area contributed by atoms with Crippen molar-refractivity contribution in [3.8, 4) is 11.3 Å². The molecule has 0 aliphatic heterocycles. The number of hydrogen-bond donors (Lipinski definition) is 0. The van der Waals surface area contributed by atoms with Crippen molar-refractivity contribution in [3.63, 3.8) is 0 Å². The summed E-state index contributed by atoms with van der Waals surface area (Å²) in [5.41, 5.74) is 3.87. The number of hydrogen-bond acceptors (Lipinski definition) is 2. The molecule has 0 radical (unpaired) electrons. The fraction of sp³-hybridized carbons (Fsp3) is 0.125. The van der Waals surface area contributed by atoms with Crippen LogP contribution in [0.2, 0.25) is 0 Å². The van der Waals surface area contributed by atoms with E-state index in [1.807, 2.05) is 38.1 Å². The third-order valence-corrected chi connectivity index (χ3v) is 3.19. The molecule has 0 saturated heterocycles. The van der Waals surface area contributed by atoms with Gasteiger partial charge in [-0.1, -0.05) is 11.6 Å². The first-order chi connectivity index (χ1) is 9.15. The molecule has 0 N–H and O–H groups in total. The number of halogens is 1. The SMILES string of the molecule is Cc1ccc(F)c(-c2cc(C)c3cccnc3n2)c1. The normalized spacial score (nSPS) is 10.9. The molecule has 3 heteroatoms. The van der Waals surface area contributed by atoms with Crippen LogP contribution in [0.5, 0.6) is 0 Å². The number of benzene rings is 1. The van der Waals surface area contributed by atoms with Crippen LogP contribution < -0.4 is 0 Å². The molecule has 0 aliphatic rings. The minimum Gasteiger partial charge on any atom is -0.237 e. The maximum atomic E-state index is 13.9. The molecule has 19 heavy (non-hydrogen) atoms. The van der Waals surface area contributed by atoms with E-state index in [9.17, 15) is 4.39 Å². The van der Waals surface area contributed by atoms with Gasteiger partial charge in [0.25, 0.3) is 0 Å². The van der Waals surface area contributed by atoms with Crippen LogP contribution in [-0.4, -0.2) is 9.97 Å². The number of nitrogens with zero attached hydrogens (tertiary/aromatic N) is 2. The van der Waals surface area contributed by atoms with Crippen LogP contribution in [0.15, 0.2) is 42.6 Å². The molecule has 94 valence electrons. The van der Waals surface area contributed by atoms with Gasteiger partial charge in [0.05, 0.1) is 5.69 Å². The minimum absolute atomic E-state index is 0.257. The first-order valence-electron chi connectivity index (χ1n) is 6.14. The van der Waals surface area contributed by atoms with Crippen LogP contribution >= 0.6 is 0 Å². The number of rotatable bonds is 1. The maximum Gasteiger partial charge on any atom is 0.160 e. The Labute approximate surface area is 111 Å². The average molecular weight is 252 g/mol. The van der Waals surface area contributed by atoms with E-state index in [1.165, 1.54) is 6.07 Å². The van der Waals surface area contributed by atoms with Crippen molar-refractivity contribution >= 4 is 11.0 Å². The monoisotopic (exact) mass is 252 g/mol. The molecule has 0 spiro atoms. The van der Waals surface area contributed by atoms with E-state index in [1.54, 1.807) is 12.3 Å². The van der Waals surface area contributed by atoms with Gasteiger partial charge in [-0.2, -0.15) is 0 Å².